The van der Waals surface area contributed by atoms with E-state index < -0.39 is 11.6 Å². The summed E-state index contributed by atoms with van der Waals surface area (Å²) in [5.41, 5.74) is 2.71. The average molecular weight is 391 g/mol. The van der Waals surface area contributed by atoms with Crippen LogP contribution in [0.3, 0.4) is 0 Å². The number of anilines is 2. The van der Waals surface area contributed by atoms with Crippen molar-refractivity contribution in [2.75, 3.05) is 5.32 Å². The molecule has 0 bridgehead atoms. The number of hydrogen-bond acceptors (Lipinski definition) is 5. The van der Waals surface area contributed by atoms with E-state index in [9.17, 15) is 13.6 Å². The lowest BCUT2D eigenvalue weighted by molar-refractivity contribution is 0.101. The van der Waals surface area contributed by atoms with Gasteiger partial charge in [0.15, 0.2) is 11.6 Å². The molecule has 144 valence electrons. The maximum absolute atomic E-state index is 14.0. The molecule has 29 heavy (non-hydrogen) atoms. The SMILES string of the molecule is CC(=O)c1ccc(Nc2nccc(-c3cnn(-c4ccc(F)cc4F)c3)n2)cc1. The smallest absolute Gasteiger partial charge is 0.227 e. The van der Waals surface area contributed by atoms with E-state index in [0.29, 0.717) is 22.8 Å². The van der Waals surface area contributed by atoms with Gasteiger partial charge in [0.2, 0.25) is 5.95 Å². The fourth-order valence-corrected chi connectivity index (χ4v) is 2.75. The number of benzene rings is 2. The molecule has 0 amide bonds. The fraction of sp³-hybridized carbons (Fsp3) is 0.0476. The Morgan fingerprint density at radius 2 is 1.86 bits per heavy atom. The zero-order valence-electron chi connectivity index (χ0n) is 15.3. The second kappa shape index (κ2) is 7.59. The molecule has 0 aliphatic rings. The lowest BCUT2D eigenvalue weighted by Crippen LogP contribution is -1.99. The van der Waals surface area contributed by atoms with E-state index in [2.05, 4.69) is 20.4 Å². The topological polar surface area (TPSA) is 72.7 Å². The van der Waals surface area contributed by atoms with Gasteiger partial charge in [-0.1, -0.05) is 0 Å². The van der Waals surface area contributed by atoms with Gasteiger partial charge in [0.1, 0.15) is 11.5 Å². The van der Waals surface area contributed by atoms with Crippen LogP contribution in [0.5, 0.6) is 0 Å². The minimum atomic E-state index is -0.710. The van der Waals surface area contributed by atoms with E-state index >= 15 is 0 Å². The number of Topliss-reactive ketones (excluding diaryl/α,β-unsaturated/α-hetero) is 1. The number of nitrogens with zero attached hydrogens (tertiary/aromatic N) is 4. The largest absolute Gasteiger partial charge is 0.324 e. The van der Waals surface area contributed by atoms with Crippen molar-refractivity contribution >= 4 is 17.4 Å². The molecule has 1 N–H and O–H groups in total. The van der Waals surface area contributed by atoms with Crippen LogP contribution >= 0.6 is 0 Å². The van der Waals surface area contributed by atoms with Crippen molar-refractivity contribution in [2.45, 2.75) is 6.92 Å². The summed E-state index contributed by atoms with van der Waals surface area (Å²) in [5, 5.41) is 7.21. The summed E-state index contributed by atoms with van der Waals surface area (Å²) in [6.07, 6.45) is 4.73. The molecule has 0 atom stereocenters. The van der Waals surface area contributed by atoms with Gasteiger partial charge in [-0.05, 0) is 49.4 Å². The first kappa shape index (κ1) is 18.4. The Labute approximate surface area is 164 Å². The average Bonchev–Trinajstić information content (AvgIpc) is 3.18. The Bertz CT molecular complexity index is 1190. The Kier molecular flexibility index (Phi) is 4.82. The van der Waals surface area contributed by atoms with E-state index in [-0.39, 0.29) is 11.5 Å². The molecule has 0 spiro atoms. The summed E-state index contributed by atoms with van der Waals surface area (Å²) in [7, 11) is 0. The van der Waals surface area contributed by atoms with Gasteiger partial charge in [-0.3, -0.25) is 4.79 Å². The maximum Gasteiger partial charge on any atom is 0.227 e. The van der Waals surface area contributed by atoms with Crippen molar-refractivity contribution < 1.29 is 13.6 Å². The number of ketones is 1. The number of aromatic nitrogens is 4. The number of halogens is 2. The van der Waals surface area contributed by atoms with Crippen LogP contribution < -0.4 is 5.32 Å². The zero-order valence-corrected chi connectivity index (χ0v) is 15.3. The predicted molar refractivity (Wildman–Crippen MR) is 104 cm³/mol. The van der Waals surface area contributed by atoms with E-state index in [4.69, 9.17) is 0 Å². The van der Waals surface area contributed by atoms with Gasteiger partial charge < -0.3 is 5.32 Å². The zero-order chi connectivity index (χ0) is 20.4. The third-order valence-corrected chi connectivity index (χ3v) is 4.24. The molecule has 0 fully saturated rings. The van der Waals surface area contributed by atoms with Gasteiger partial charge in [-0.2, -0.15) is 5.10 Å². The van der Waals surface area contributed by atoms with Crippen LogP contribution in [0, 0.1) is 11.6 Å². The third kappa shape index (κ3) is 4.01. The van der Waals surface area contributed by atoms with Gasteiger partial charge in [-0.25, -0.2) is 23.4 Å². The Hall–Kier alpha value is -3.94. The van der Waals surface area contributed by atoms with Crippen LogP contribution in [0.2, 0.25) is 0 Å². The van der Waals surface area contributed by atoms with Crippen molar-refractivity contribution in [2.24, 2.45) is 0 Å². The molecule has 6 nitrogen and oxygen atoms in total. The van der Waals surface area contributed by atoms with Gasteiger partial charge >= 0.3 is 0 Å². The van der Waals surface area contributed by atoms with E-state index in [0.717, 1.165) is 11.8 Å². The number of hydrogen-bond donors (Lipinski definition) is 1. The van der Waals surface area contributed by atoms with Crippen molar-refractivity contribution in [1.29, 1.82) is 0 Å². The van der Waals surface area contributed by atoms with Crippen LogP contribution in [-0.4, -0.2) is 25.5 Å². The predicted octanol–water partition coefficient (Wildman–Crippen LogP) is 4.55. The molecule has 4 rings (SSSR count). The van der Waals surface area contributed by atoms with Crippen LogP contribution in [0.15, 0.2) is 67.1 Å². The summed E-state index contributed by atoms with van der Waals surface area (Å²) >= 11 is 0. The monoisotopic (exact) mass is 391 g/mol. The fourth-order valence-electron chi connectivity index (χ4n) is 2.75. The lowest BCUT2D eigenvalue weighted by atomic mass is 10.1. The highest BCUT2D eigenvalue weighted by molar-refractivity contribution is 5.94. The quantitative estimate of drug-likeness (QED) is 0.505. The number of carbonyl (C=O) groups excluding carboxylic acids is 1. The molecule has 0 radical (unpaired) electrons. The molecular formula is C21H15F2N5O. The van der Waals surface area contributed by atoms with Crippen LogP contribution in [0.4, 0.5) is 20.4 Å². The minimum absolute atomic E-state index is 0.00981. The highest BCUT2D eigenvalue weighted by Crippen LogP contribution is 2.22. The molecule has 8 heteroatoms. The van der Waals surface area contributed by atoms with Crippen LogP contribution in [0.25, 0.3) is 16.9 Å². The van der Waals surface area contributed by atoms with E-state index in [1.165, 1.54) is 29.9 Å². The summed E-state index contributed by atoms with van der Waals surface area (Å²) in [6.45, 7) is 1.51. The number of carbonyl (C=O) groups is 1. The molecule has 2 aromatic carbocycles. The molecule has 4 aromatic rings. The highest BCUT2D eigenvalue weighted by atomic mass is 19.1. The lowest BCUT2D eigenvalue weighted by Gasteiger charge is -2.06. The highest BCUT2D eigenvalue weighted by Gasteiger charge is 2.10. The van der Waals surface area contributed by atoms with Gasteiger partial charge in [0, 0.05) is 35.3 Å². The van der Waals surface area contributed by atoms with Gasteiger partial charge in [0.05, 0.1) is 11.9 Å². The molecule has 0 aliphatic heterocycles. The van der Waals surface area contributed by atoms with Crippen molar-refractivity contribution in [3.05, 3.63) is 84.3 Å². The van der Waals surface area contributed by atoms with Crippen LogP contribution in [-0.2, 0) is 0 Å². The Morgan fingerprint density at radius 3 is 2.59 bits per heavy atom. The Morgan fingerprint density at radius 1 is 1.07 bits per heavy atom. The van der Waals surface area contributed by atoms with E-state index in [1.807, 2.05) is 0 Å². The molecule has 0 saturated heterocycles. The van der Waals surface area contributed by atoms with Crippen LogP contribution in [0.1, 0.15) is 17.3 Å². The molecule has 2 heterocycles. The second-order valence-corrected chi connectivity index (χ2v) is 6.29. The first-order chi connectivity index (χ1) is 14.0. The van der Waals surface area contributed by atoms with E-state index in [1.54, 1.807) is 42.7 Å². The van der Waals surface area contributed by atoms with Crippen molar-refractivity contribution in [3.63, 3.8) is 0 Å². The molecule has 0 unspecified atom stereocenters. The van der Waals surface area contributed by atoms with Gasteiger partial charge in [0.25, 0.3) is 0 Å². The molecule has 2 aromatic heterocycles. The third-order valence-electron chi connectivity index (χ3n) is 4.24. The summed E-state index contributed by atoms with van der Waals surface area (Å²) < 4.78 is 28.4. The normalized spacial score (nSPS) is 10.7. The van der Waals surface area contributed by atoms with Crippen molar-refractivity contribution in [3.8, 4) is 16.9 Å². The number of nitrogens with one attached hydrogen (secondary N) is 1. The standard InChI is InChI=1S/C21H15F2N5O/c1-13(29)14-2-5-17(6-3-14)26-21-24-9-8-19(27-21)15-11-25-28(12-15)20-7-4-16(22)10-18(20)23/h2-12H,1H3,(H,24,26,27). The number of rotatable bonds is 5. The minimum Gasteiger partial charge on any atom is -0.324 e. The maximum atomic E-state index is 14.0. The first-order valence-corrected chi connectivity index (χ1v) is 8.71. The summed E-state index contributed by atoms with van der Waals surface area (Å²) in [5.74, 6) is -1.01. The van der Waals surface area contributed by atoms with Gasteiger partial charge in [-0.15, -0.1) is 0 Å². The van der Waals surface area contributed by atoms with Crippen molar-refractivity contribution in [1.82, 2.24) is 19.7 Å². The molecule has 0 aliphatic carbocycles. The first-order valence-electron chi connectivity index (χ1n) is 8.71. The Balaban J connectivity index is 1.57. The second-order valence-electron chi connectivity index (χ2n) is 6.29. The summed E-state index contributed by atoms with van der Waals surface area (Å²) in [4.78, 5) is 20.0. The molecule has 0 saturated carbocycles. The summed E-state index contributed by atoms with van der Waals surface area (Å²) in [6, 6.07) is 12.0. The molecular weight excluding hydrogens is 376 g/mol.